The standard InChI is InChI=1S/C13H17NO3/c1-17-9-13(12(15)16,10-7-8-10)14-11-5-3-2-4-6-11/h2-6,10,14H,7-9H2,1H3,(H,15,16). The molecule has 0 spiro atoms. The number of methoxy groups -OCH3 is 1. The number of hydrogen-bond acceptors (Lipinski definition) is 3. The van der Waals surface area contributed by atoms with E-state index in [1.54, 1.807) is 0 Å². The molecule has 1 saturated carbocycles. The first-order valence-electron chi connectivity index (χ1n) is 5.74. The number of rotatable bonds is 6. The van der Waals surface area contributed by atoms with E-state index >= 15 is 0 Å². The molecule has 92 valence electrons. The minimum Gasteiger partial charge on any atom is -0.479 e. The third kappa shape index (κ3) is 2.42. The molecule has 0 amide bonds. The van der Waals surface area contributed by atoms with Crippen LogP contribution in [0.1, 0.15) is 12.8 Å². The fraction of sp³-hybridized carbons (Fsp3) is 0.462. The van der Waals surface area contributed by atoms with Crippen LogP contribution in [0.25, 0.3) is 0 Å². The van der Waals surface area contributed by atoms with Crippen molar-refractivity contribution in [3.63, 3.8) is 0 Å². The van der Waals surface area contributed by atoms with E-state index in [0.717, 1.165) is 18.5 Å². The summed E-state index contributed by atoms with van der Waals surface area (Å²) in [5.41, 5.74) is -0.172. The lowest BCUT2D eigenvalue weighted by Crippen LogP contribution is -2.52. The Morgan fingerprint density at radius 3 is 2.59 bits per heavy atom. The molecule has 0 radical (unpaired) electrons. The van der Waals surface area contributed by atoms with E-state index in [4.69, 9.17) is 4.74 Å². The summed E-state index contributed by atoms with van der Waals surface area (Å²) in [5, 5.41) is 12.6. The van der Waals surface area contributed by atoms with Crippen LogP contribution in [0.15, 0.2) is 30.3 Å². The van der Waals surface area contributed by atoms with Crippen molar-refractivity contribution in [3.05, 3.63) is 30.3 Å². The highest BCUT2D eigenvalue weighted by Gasteiger charge is 2.51. The quantitative estimate of drug-likeness (QED) is 0.791. The van der Waals surface area contributed by atoms with E-state index in [1.807, 2.05) is 30.3 Å². The molecule has 1 unspecified atom stereocenters. The molecule has 0 saturated heterocycles. The molecule has 4 heteroatoms. The van der Waals surface area contributed by atoms with E-state index in [9.17, 15) is 9.90 Å². The minimum atomic E-state index is -0.990. The lowest BCUT2D eigenvalue weighted by Gasteiger charge is -2.31. The number of hydrogen-bond donors (Lipinski definition) is 2. The maximum absolute atomic E-state index is 11.6. The van der Waals surface area contributed by atoms with Crippen molar-refractivity contribution in [2.75, 3.05) is 19.0 Å². The maximum Gasteiger partial charge on any atom is 0.332 e. The third-order valence-corrected chi connectivity index (χ3v) is 3.17. The molecular formula is C13H17NO3. The number of benzene rings is 1. The van der Waals surface area contributed by atoms with Crippen molar-refractivity contribution in [1.82, 2.24) is 0 Å². The van der Waals surface area contributed by atoms with E-state index in [0.29, 0.717) is 0 Å². The van der Waals surface area contributed by atoms with Gasteiger partial charge < -0.3 is 15.2 Å². The van der Waals surface area contributed by atoms with Gasteiger partial charge >= 0.3 is 5.97 Å². The van der Waals surface area contributed by atoms with Crippen molar-refractivity contribution in [2.24, 2.45) is 5.92 Å². The van der Waals surface area contributed by atoms with Crippen molar-refractivity contribution in [2.45, 2.75) is 18.4 Å². The van der Waals surface area contributed by atoms with Gasteiger partial charge in [0, 0.05) is 12.8 Å². The van der Waals surface area contributed by atoms with Gasteiger partial charge in [-0.1, -0.05) is 18.2 Å². The van der Waals surface area contributed by atoms with E-state index in [-0.39, 0.29) is 12.5 Å². The minimum absolute atomic E-state index is 0.153. The topological polar surface area (TPSA) is 58.6 Å². The number of ether oxygens (including phenoxy) is 1. The molecule has 1 atom stereocenters. The van der Waals surface area contributed by atoms with Crippen LogP contribution in [0.2, 0.25) is 0 Å². The Morgan fingerprint density at radius 1 is 1.47 bits per heavy atom. The van der Waals surface area contributed by atoms with Crippen LogP contribution in [0.3, 0.4) is 0 Å². The largest absolute Gasteiger partial charge is 0.479 e. The number of carbonyl (C=O) groups is 1. The molecule has 0 aliphatic heterocycles. The highest BCUT2D eigenvalue weighted by Crippen LogP contribution is 2.42. The van der Waals surface area contributed by atoms with Gasteiger partial charge in [0.05, 0.1) is 6.61 Å². The van der Waals surface area contributed by atoms with Crippen molar-refractivity contribution < 1.29 is 14.6 Å². The zero-order valence-electron chi connectivity index (χ0n) is 9.85. The highest BCUT2D eigenvalue weighted by atomic mass is 16.5. The summed E-state index contributed by atoms with van der Waals surface area (Å²) in [4.78, 5) is 11.6. The normalized spacial score (nSPS) is 18.4. The monoisotopic (exact) mass is 235 g/mol. The first-order chi connectivity index (χ1) is 8.19. The molecular weight excluding hydrogens is 218 g/mol. The van der Waals surface area contributed by atoms with Gasteiger partial charge in [0.15, 0.2) is 5.54 Å². The zero-order chi connectivity index (χ0) is 12.3. The van der Waals surface area contributed by atoms with Crippen LogP contribution >= 0.6 is 0 Å². The SMILES string of the molecule is COCC(Nc1ccccc1)(C(=O)O)C1CC1. The fourth-order valence-electron chi connectivity index (χ4n) is 2.13. The molecule has 0 bridgehead atoms. The van der Waals surface area contributed by atoms with Gasteiger partial charge in [-0.15, -0.1) is 0 Å². The molecule has 1 aromatic carbocycles. The van der Waals surface area contributed by atoms with E-state index < -0.39 is 11.5 Å². The van der Waals surface area contributed by atoms with Crippen molar-refractivity contribution >= 4 is 11.7 Å². The second-order valence-electron chi connectivity index (χ2n) is 4.47. The number of carboxylic acid groups (broad SMARTS) is 1. The van der Waals surface area contributed by atoms with Gasteiger partial charge in [-0.05, 0) is 30.9 Å². The lowest BCUT2D eigenvalue weighted by molar-refractivity contribution is -0.145. The first kappa shape index (κ1) is 11.9. The van der Waals surface area contributed by atoms with Gasteiger partial charge in [0.2, 0.25) is 0 Å². The summed E-state index contributed by atoms with van der Waals surface area (Å²) in [6.07, 6.45) is 1.88. The summed E-state index contributed by atoms with van der Waals surface area (Å²) in [7, 11) is 1.53. The Kier molecular flexibility index (Phi) is 3.33. The molecule has 1 fully saturated rings. The van der Waals surface area contributed by atoms with Crippen LogP contribution in [0.5, 0.6) is 0 Å². The molecule has 2 N–H and O–H groups in total. The molecule has 1 aliphatic rings. The number of nitrogens with one attached hydrogen (secondary N) is 1. The maximum atomic E-state index is 11.6. The van der Waals surface area contributed by atoms with Crippen LogP contribution in [0.4, 0.5) is 5.69 Å². The van der Waals surface area contributed by atoms with Crippen molar-refractivity contribution in [1.29, 1.82) is 0 Å². The van der Waals surface area contributed by atoms with Crippen LogP contribution in [0, 0.1) is 5.92 Å². The summed E-state index contributed by atoms with van der Waals surface area (Å²) < 4.78 is 5.10. The third-order valence-electron chi connectivity index (χ3n) is 3.17. The average molecular weight is 235 g/mol. The predicted molar refractivity (Wildman–Crippen MR) is 65.0 cm³/mol. The Hall–Kier alpha value is -1.55. The molecule has 1 aliphatic carbocycles. The average Bonchev–Trinajstić information content (AvgIpc) is 3.13. The Balaban J connectivity index is 2.23. The Bertz CT molecular complexity index is 389. The van der Waals surface area contributed by atoms with Gasteiger partial charge in [-0.3, -0.25) is 0 Å². The zero-order valence-corrected chi connectivity index (χ0v) is 9.85. The van der Waals surface area contributed by atoms with Crippen LogP contribution < -0.4 is 5.32 Å². The summed E-state index contributed by atoms with van der Waals surface area (Å²) >= 11 is 0. The Labute approximate surface area is 101 Å². The lowest BCUT2D eigenvalue weighted by atomic mass is 9.93. The second kappa shape index (κ2) is 4.75. The number of para-hydroxylation sites is 1. The van der Waals surface area contributed by atoms with Crippen LogP contribution in [-0.2, 0) is 9.53 Å². The Morgan fingerprint density at radius 2 is 2.12 bits per heavy atom. The van der Waals surface area contributed by atoms with Gasteiger partial charge in [-0.2, -0.15) is 0 Å². The molecule has 0 aromatic heterocycles. The van der Waals surface area contributed by atoms with Crippen molar-refractivity contribution in [3.8, 4) is 0 Å². The number of carboxylic acids is 1. The number of anilines is 1. The van der Waals surface area contributed by atoms with E-state index in [1.165, 1.54) is 7.11 Å². The molecule has 1 aromatic rings. The van der Waals surface area contributed by atoms with Gasteiger partial charge in [-0.25, -0.2) is 4.79 Å². The molecule has 2 rings (SSSR count). The van der Waals surface area contributed by atoms with Gasteiger partial charge in [0.25, 0.3) is 0 Å². The highest BCUT2D eigenvalue weighted by molar-refractivity contribution is 5.84. The van der Waals surface area contributed by atoms with Gasteiger partial charge in [0.1, 0.15) is 0 Å². The first-order valence-corrected chi connectivity index (χ1v) is 5.74. The summed E-state index contributed by atoms with van der Waals surface area (Å²) in [6.45, 7) is 0.182. The molecule has 17 heavy (non-hydrogen) atoms. The van der Waals surface area contributed by atoms with Crippen LogP contribution in [-0.4, -0.2) is 30.3 Å². The second-order valence-corrected chi connectivity index (χ2v) is 4.47. The summed E-state index contributed by atoms with van der Waals surface area (Å²) in [6, 6.07) is 9.41. The summed E-state index contributed by atoms with van der Waals surface area (Å²) in [5.74, 6) is -0.689. The fourth-order valence-corrected chi connectivity index (χ4v) is 2.13. The molecule has 4 nitrogen and oxygen atoms in total. The molecule has 0 heterocycles. The smallest absolute Gasteiger partial charge is 0.332 e. The van der Waals surface area contributed by atoms with E-state index in [2.05, 4.69) is 5.32 Å². The number of aliphatic carboxylic acids is 1. The predicted octanol–water partition coefficient (Wildman–Crippen LogP) is 1.98.